The Morgan fingerprint density at radius 3 is 2.42 bits per heavy atom. The van der Waals surface area contributed by atoms with E-state index in [0.29, 0.717) is 41.8 Å². The molecule has 4 heterocycles. The number of anilines is 2. The van der Waals surface area contributed by atoms with Gasteiger partial charge in [0.2, 0.25) is 11.8 Å². The fraction of sp³-hybridized carbons (Fsp3) is 0.538. The molecule has 2 aliphatic heterocycles. The molecule has 3 aliphatic rings. The first-order chi connectivity index (χ1) is 17.4. The van der Waals surface area contributed by atoms with Crippen molar-refractivity contribution >= 4 is 27.6 Å². The highest BCUT2D eigenvalue weighted by Crippen LogP contribution is 2.54. The van der Waals surface area contributed by atoms with Crippen LogP contribution in [-0.2, 0) is 4.74 Å². The number of methoxy groups -OCH3 is 1. The van der Waals surface area contributed by atoms with E-state index in [2.05, 4.69) is 73.1 Å². The Balaban J connectivity index is 1.33. The molecule has 36 heavy (non-hydrogen) atoms. The van der Waals surface area contributed by atoms with Crippen LogP contribution in [0, 0.1) is 5.41 Å². The van der Waals surface area contributed by atoms with Gasteiger partial charge in [0.1, 0.15) is 11.4 Å². The molecule has 0 N–H and O–H groups in total. The van der Waals surface area contributed by atoms with Crippen molar-refractivity contribution in [2.45, 2.75) is 51.6 Å². The van der Waals surface area contributed by atoms with Gasteiger partial charge in [0.05, 0.1) is 50.0 Å². The molecule has 3 fully saturated rings. The van der Waals surface area contributed by atoms with Gasteiger partial charge in [-0.25, -0.2) is 9.67 Å². The molecule has 1 spiro atoms. The van der Waals surface area contributed by atoms with Gasteiger partial charge in [-0.3, -0.25) is 0 Å². The maximum atomic E-state index is 5.69. The fourth-order valence-corrected chi connectivity index (χ4v) is 5.85. The Morgan fingerprint density at radius 1 is 0.972 bits per heavy atom. The van der Waals surface area contributed by atoms with E-state index in [1.165, 1.54) is 31.4 Å². The minimum Gasteiger partial charge on any atom is -0.481 e. The van der Waals surface area contributed by atoms with E-state index in [1.807, 2.05) is 16.9 Å². The highest BCUT2D eigenvalue weighted by molar-refractivity contribution is 9.10. The summed E-state index contributed by atoms with van der Waals surface area (Å²) in [5.74, 6) is 1.12. The van der Waals surface area contributed by atoms with Crippen LogP contribution in [-0.4, -0.2) is 70.5 Å². The molecular formula is C26H32BrN7O2. The van der Waals surface area contributed by atoms with Crippen LogP contribution in [0.3, 0.4) is 0 Å². The zero-order valence-corrected chi connectivity index (χ0v) is 22.6. The van der Waals surface area contributed by atoms with E-state index in [9.17, 15) is 0 Å². The summed E-state index contributed by atoms with van der Waals surface area (Å²) < 4.78 is 14.1. The summed E-state index contributed by atoms with van der Waals surface area (Å²) in [6.07, 6.45) is 7.26. The lowest BCUT2D eigenvalue weighted by Gasteiger charge is -2.38. The number of rotatable bonds is 5. The van der Waals surface area contributed by atoms with Crippen molar-refractivity contribution in [2.75, 3.05) is 43.2 Å². The van der Waals surface area contributed by atoms with Crippen LogP contribution in [0.25, 0.3) is 17.1 Å². The van der Waals surface area contributed by atoms with Gasteiger partial charge in [-0.15, -0.1) is 5.10 Å². The van der Waals surface area contributed by atoms with Gasteiger partial charge in [0.25, 0.3) is 0 Å². The minimum atomic E-state index is 0.161. The normalized spacial score (nSPS) is 23.2. The third kappa shape index (κ3) is 4.45. The van der Waals surface area contributed by atoms with Crippen LogP contribution in [0.5, 0.6) is 5.88 Å². The van der Waals surface area contributed by atoms with Crippen LogP contribution in [0.2, 0.25) is 0 Å². The van der Waals surface area contributed by atoms with E-state index in [-0.39, 0.29) is 12.1 Å². The van der Waals surface area contributed by atoms with E-state index in [0.717, 1.165) is 23.2 Å². The largest absolute Gasteiger partial charge is 0.481 e. The zero-order chi connectivity index (χ0) is 24.9. The van der Waals surface area contributed by atoms with Crippen molar-refractivity contribution in [1.82, 2.24) is 25.0 Å². The first-order valence-corrected chi connectivity index (χ1v) is 13.5. The molecule has 10 heteroatoms. The van der Waals surface area contributed by atoms with Crippen LogP contribution in [0.15, 0.2) is 34.9 Å². The zero-order valence-electron chi connectivity index (χ0n) is 21.0. The van der Waals surface area contributed by atoms with E-state index in [1.54, 1.807) is 7.11 Å². The molecular weight excluding hydrogens is 522 g/mol. The van der Waals surface area contributed by atoms with Gasteiger partial charge in [0.15, 0.2) is 0 Å². The highest BCUT2D eigenvalue weighted by atomic mass is 79.9. The second-order valence-electron chi connectivity index (χ2n) is 10.4. The number of halogens is 1. The molecule has 6 rings (SSSR count). The molecule has 0 bridgehead atoms. The summed E-state index contributed by atoms with van der Waals surface area (Å²) in [6, 6.07) is 8.48. The number of nitrogens with zero attached hydrogens (tertiary/aromatic N) is 7. The number of aromatic nitrogens is 5. The first-order valence-electron chi connectivity index (χ1n) is 12.7. The molecule has 1 saturated carbocycles. The summed E-state index contributed by atoms with van der Waals surface area (Å²) in [5.41, 5.74) is 4.17. The SMILES string of the molecule is COc1cc(-c2cn(-c3ccc(Br)cc3N3CCC4(CC3)CC4)nn2)nc(N2[C@H](C)COC[C@@H]2C)n1. The predicted octanol–water partition coefficient (Wildman–Crippen LogP) is 4.49. The number of hydrogen-bond donors (Lipinski definition) is 0. The first kappa shape index (κ1) is 23.7. The molecule has 0 unspecified atom stereocenters. The maximum absolute atomic E-state index is 5.69. The molecule has 3 aromatic rings. The summed E-state index contributed by atoms with van der Waals surface area (Å²) in [5, 5.41) is 9.00. The third-order valence-corrected chi connectivity index (χ3v) is 8.35. The Kier molecular flexibility index (Phi) is 6.11. The Hall–Kier alpha value is -2.72. The van der Waals surface area contributed by atoms with Crippen LogP contribution in [0.4, 0.5) is 11.6 Å². The molecule has 0 radical (unpaired) electrons. The minimum absolute atomic E-state index is 0.161. The second-order valence-corrected chi connectivity index (χ2v) is 11.3. The monoisotopic (exact) mass is 553 g/mol. The molecule has 190 valence electrons. The Morgan fingerprint density at radius 2 is 1.72 bits per heavy atom. The van der Waals surface area contributed by atoms with E-state index < -0.39 is 0 Å². The molecule has 9 nitrogen and oxygen atoms in total. The summed E-state index contributed by atoms with van der Waals surface area (Å²) in [4.78, 5) is 14.2. The van der Waals surface area contributed by atoms with Crippen molar-refractivity contribution < 1.29 is 9.47 Å². The third-order valence-electron chi connectivity index (χ3n) is 7.86. The molecule has 2 saturated heterocycles. The number of piperidine rings is 1. The van der Waals surface area contributed by atoms with Crippen LogP contribution >= 0.6 is 15.9 Å². The highest BCUT2D eigenvalue weighted by Gasteiger charge is 2.44. The van der Waals surface area contributed by atoms with Crippen molar-refractivity contribution in [3.8, 4) is 23.0 Å². The van der Waals surface area contributed by atoms with Gasteiger partial charge in [-0.1, -0.05) is 21.1 Å². The molecule has 2 aromatic heterocycles. The van der Waals surface area contributed by atoms with Crippen LogP contribution < -0.4 is 14.5 Å². The van der Waals surface area contributed by atoms with Gasteiger partial charge in [-0.05, 0) is 63.1 Å². The number of morpholine rings is 1. The Bertz CT molecular complexity index is 1240. The summed E-state index contributed by atoms with van der Waals surface area (Å²) in [7, 11) is 1.62. The smallest absolute Gasteiger partial charge is 0.229 e. The lowest BCUT2D eigenvalue weighted by molar-refractivity contribution is 0.0746. The van der Waals surface area contributed by atoms with Crippen molar-refractivity contribution in [3.05, 3.63) is 34.9 Å². The second kappa shape index (κ2) is 9.30. The van der Waals surface area contributed by atoms with Gasteiger partial charge in [0, 0.05) is 23.6 Å². The van der Waals surface area contributed by atoms with Crippen LogP contribution in [0.1, 0.15) is 39.5 Å². The fourth-order valence-electron chi connectivity index (χ4n) is 5.50. The standard InChI is InChI=1S/C26H32BrN7O2/c1-17-15-36-16-18(2)34(17)25-28-20(13-24(29-25)35-3)21-14-33(31-30-21)22-5-4-19(27)12-23(22)32-10-8-26(6-7-26)9-11-32/h4-5,12-14,17-18H,6-11,15-16H2,1-3H3/t17-,18+. The molecule has 0 amide bonds. The maximum Gasteiger partial charge on any atom is 0.229 e. The predicted molar refractivity (Wildman–Crippen MR) is 142 cm³/mol. The van der Waals surface area contributed by atoms with Gasteiger partial charge in [-0.2, -0.15) is 4.98 Å². The van der Waals surface area contributed by atoms with Gasteiger partial charge >= 0.3 is 0 Å². The summed E-state index contributed by atoms with van der Waals surface area (Å²) >= 11 is 3.67. The van der Waals surface area contributed by atoms with Crippen molar-refractivity contribution in [2.24, 2.45) is 5.41 Å². The van der Waals surface area contributed by atoms with Crippen molar-refractivity contribution in [1.29, 1.82) is 0 Å². The molecule has 2 atom stereocenters. The van der Waals surface area contributed by atoms with Crippen molar-refractivity contribution in [3.63, 3.8) is 0 Å². The van der Waals surface area contributed by atoms with E-state index >= 15 is 0 Å². The average Bonchev–Trinajstić information content (AvgIpc) is 3.44. The average molecular weight is 554 g/mol. The summed E-state index contributed by atoms with van der Waals surface area (Å²) in [6.45, 7) is 7.67. The Labute approximate surface area is 219 Å². The number of benzene rings is 1. The van der Waals surface area contributed by atoms with E-state index in [4.69, 9.17) is 14.5 Å². The molecule has 1 aliphatic carbocycles. The lowest BCUT2D eigenvalue weighted by Crippen LogP contribution is -2.50. The quantitative estimate of drug-likeness (QED) is 0.457. The lowest BCUT2D eigenvalue weighted by atomic mass is 9.93. The topological polar surface area (TPSA) is 81.4 Å². The number of ether oxygens (including phenoxy) is 2. The van der Waals surface area contributed by atoms with Gasteiger partial charge < -0.3 is 19.3 Å². The molecule has 1 aromatic carbocycles. The number of hydrogen-bond acceptors (Lipinski definition) is 8.